The third kappa shape index (κ3) is 3.59. The number of hydrazine groups is 1. The number of rotatable bonds is 4. The van der Waals surface area contributed by atoms with Gasteiger partial charge in [0.05, 0.1) is 0 Å². The Morgan fingerprint density at radius 2 is 2.27 bits per heavy atom. The average Bonchev–Trinajstić information content (AvgIpc) is 2.26. The van der Waals surface area contributed by atoms with Crippen LogP contribution in [-0.2, 0) is 11.2 Å². The van der Waals surface area contributed by atoms with Gasteiger partial charge < -0.3 is 4.74 Å². The number of carbonyl (C=O) groups is 1. The van der Waals surface area contributed by atoms with E-state index in [4.69, 9.17) is 10.6 Å². The Morgan fingerprint density at radius 1 is 1.53 bits per heavy atom. The average molecular weight is 208 g/mol. The number of nitrogens with zero attached hydrogens (tertiary/aromatic N) is 1. The molecule has 1 amide bonds. The van der Waals surface area contributed by atoms with Gasteiger partial charge >= 0.3 is 0 Å². The van der Waals surface area contributed by atoms with Crippen molar-refractivity contribution in [3.8, 4) is 5.75 Å². The normalized spacial score (nSPS) is 9.80. The minimum Gasteiger partial charge on any atom is -0.484 e. The summed E-state index contributed by atoms with van der Waals surface area (Å²) in [6.45, 7) is 2.04. The summed E-state index contributed by atoms with van der Waals surface area (Å²) in [4.78, 5) is 11.1. The van der Waals surface area contributed by atoms with Crippen molar-refractivity contribution in [3.05, 3.63) is 29.8 Å². The van der Waals surface area contributed by atoms with Crippen LogP contribution in [0.2, 0.25) is 0 Å². The van der Waals surface area contributed by atoms with Crippen LogP contribution in [0.5, 0.6) is 5.75 Å². The van der Waals surface area contributed by atoms with Gasteiger partial charge in [-0.2, -0.15) is 0 Å². The Kier molecular flexibility index (Phi) is 4.12. The standard InChI is InChI=1S/C11H16N2O2/c1-3-9-5-4-6-10(7-9)15-8-11(14)13(2)12/h4-7H,3,8,12H2,1-2H3. The molecule has 0 aliphatic carbocycles. The van der Waals surface area contributed by atoms with Crippen LogP contribution in [0.1, 0.15) is 12.5 Å². The third-order valence-electron chi connectivity index (χ3n) is 2.06. The first-order valence-corrected chi connectivity index (χ1v) is 4.86. The highest BCUT2D eigenvalue weighted by molar-refractivity contribution is 5.76. The summed E-state index contributed by atoms with van der Waals surface area (Å²) < 4.78 is 5.30. The van der Waals surface area contributed by atoms with E-state index in [0.29, 0.717) is 5.75 Å². The highest BCUT2D eigenvalue weighted by Crippen LogP contribution is 2.13. The topological polar surface area (TPSA) is 55.6 Å². The summed E-state index contributed by atoms with van der Waals surface area (Å²) in [6, 6.07) is 7.67. The Balaban J connectivity index is 2.54. The number of amides is 1. The smallest absolute Gasteiger partial charge is 0.274 e. The molecule has 4 nitrogen and oxygen atoms in total. The Morgan fingerprint density at radius 3 is 2.87 bits per heavy atom. The molecule has 0 heterocycles. The molecule has 2 N–H and O–H groups in total. The molecule has 0 aliphatic heterocycles. The van der Waals surface area contributed by atoms with Crippen molar-refractivity contribution in [2.45, 2.75) is 13.3 Å². The van der Waals surface area contributed by atoms with Crippen LogP contribution in [-0.4, -0.2) is 24.6 Å². The van der Waals surface area contributed by atoms with Gasteiger partial charge in [-0.25, -0.2) is 5.84 Å². The van der Waals surface area contributed by atoms with Crippen LogP contribution in [0, 0.1) is 0 Å². The molecule has 0 spiro atoms. The maximum atomic E-state index is 11.1. The van der Waals surface area contributed by atoms with E-state index in [1.54, 1.807) is 0 Å². The van der Waals surface area contributed by atoms with Crippen LogP contribution in [0.3, 0.4) is 0 Å². The summed E-state index contributed by atoms with van der Waals surface area (Å²) in [6.07, 6.45) is 0.946. The number of benzene rings is 1. The van der Waals surface area contributed by atoms with Gasteiger partial charge in [0.25, 0.3) is 5.91 Å². The molecule has 1 aromatic rings. The minimum atomic E-state index is -0.253. The molecule has 0 aromatic heterocycles. The molecule has 0 fully saturated rings. The summed E-state index contributed by atoms with van der Waals surface area (Å²) >= 11 is 0. The van der Waals surface area contributed by atoms with E-state index in [0.717, 1.165) is 11.4 Å². The number of hydrogen-bond acceptors (Lipinski definition) is 3. The third-order valence-corrected chi connectivity index (χ3v) is 2.06. The minimum absolute atomic E-state index is 0.0276. The molecule has 0 unspecified atom stereocenters. The Hall–Kier alpha value is -1.55. The lowest BCUT2D eigenvalue weighted by Gasteiger charge is -2.11. The second-order valence-corrected chi connectivity index (χ2v) is 3.29. The molecule has 0 saturated carbocycles. The molecule has 4 heteroatoms. The number of aryl methyl sites for hydroxylation is 1. The molecular formula is C11H16N2O2. The second kappa shape index (κ2) is 5.36. The first-order chi connectivity index (χ1) is 7.13. The van der Waals surface area contributed by atoms with E-state index in [-0.39, 0.29) is 12.5 Å². The van der Waals surface area contributed by atoms with E-state index < -0.39 is 0 Å². The van der Waals surface area contributed by atoms with Crippen LogP contribution < -0.4 is 10.6 Å². The zero-order chi connectivity index (χ0) is 11.3. The molecule has 15 heavy (non-hydrogen) atoms. The van der Waals surface area contributed by atoms with Crippen LogP contribution in [0.25, 0.3) is 0 Å². The lowest BCUT2D eigenvalue weighted by atomic mass is 10.2. The van der Waals surface area contributed by atoms with Crippen LogP contribution in [0.15, 0.2) is 24.3 Å². The van der Waals surface area contributed by atoms with Crippen LogP contribution >= 0.6 is 0 Å². The molecule has 0 bridgehead atoms. The molecule has 82 valence electrons. The van der Waals surface area contributed by atoms with Crippen molar-refractivity contribution < 1.29 is 9.53 Å². The summed E-state index contributed by atoms with van der Waals surface area (Å²) in [5.74, 6) is 5.71. The number of likely N-dealkylation sites (N-methyl/N-ethyl adjacent to an activating group) is 1. The van der Waals surface area contributed by atoms with Gasteiger partial charge in [0, 0.05) is 7.05 Å². The van der Waals surface area contributed by atoms with Gasteiger partial charge in [0.2, 0.25) is 0 Å². The lowest BCUT2D eigenvalue weighted by Crippen LogP contribution is -2.36. The van der Waals surface area contributed by atoms with Crippen molar-refractivity contribution >= 4 is 5.91 Å². The van der Waals surface area contributed by atoms with E-state index in [1.807, 2.05) is 24.3 Å². The molecule has 1 aromatic carbocycles. The zero-order valence-electron chi connectivity index (χ0n) is 9.06. The molecule has 0 saturated heterocycles. The van der Waals surface area contributed by atoms with E-state index in [2.05, 4.69) is 6.92 Å². The number of ether oxygens (including phenoxy) is 1. The van der Waals surface area contributed by atoms with Gasteiger partial charge in [-0.05, 0) is 24.1 Å². The predicted molar refractivity (Wildman–Crippen MR) is 58.3 cm³/mol. The highest BCUT2D eigenvalue weighted by atomic mass is 16.5. The van der Waals surface area contributed by atoms with Gasteiger partial charge in [-0.15, -0.1) is 0 Å². The van der Waals surface area contributed by atoms with Gasteiger partial charge in [-0.1, -0.05) is 19.1 Å². The van der Waals surface area contributed by atoms with E-state index >= 15 is 0 Å². The van der Waals surface area contributed by atoms with E-state index in [9.17, 15) is 4.79 Å². The summed E-state index contributed by atoms with van der Waals surface area (Å²) in [7, 11) is 1.49. The maximum absolute atomic E-state index is 11.1. The van der Waals surface area contributed by atoms with Crippen molar-refractivity contribution in [1.29, 1.82) is 0 Å². The lowest BCUT2D eigenvalue weighted by molar-refractivity contribution is -0.132. The number of hydrogen-bond donors (Lipinski definition) is 1. The van der Waals surface area contributed by atoms with Gasteiger partial charge in [-0.3, -0.25) is 9.80 Å². The largest absolute Gasteiger partial charge is 0.484 e. The monoisotopic (exact) mass is 208 g/mol. The molecule has 1 rings (SSSR count). The molecule has 0 atom stereocenters. The predicted octanol–water partition coefficient (Wildman–Crippen LogP) is 0.960. The van der Waals surface area contributed by atoms with Crippen molar-refractivity contribution in [3.63, 3.8) is 0 Å². The first-order valence-electron chi connectivity index (χ1n) is 4.86. The number of nitrogens with two attached hydrogens (primary N) is 1. The van der Waals surface area contributed by atoms with Crippen molar-refractivity contribution in [1.82, 2.24) is 5.01 Å². The first kappa shape index (κ1) is 11.5. The Bertz CT molecular complexity index is 337. The molecular weight excluding hydrogens is 192 g/mol. The fourth-order valence-corrected chi connectivity index (χ4v) is 1.10. The van der Waals surface area contributed by atoms with E-state index in [1.165, 1.54) is 12.6 Å². The molecule has 0 radical (unpaired) electrons. The fourth-order valence-electron chi connectivity index (χ4n) is 1.10. The fraction of sp³-hybridized carbons (Fsp3) is 0.364. The molecule has 0 aliphatic rings. The highest BCUT2D eigenvalue weighted by Gasteiger charge is 2.05. The van der Waals surface area contributed by atoms with Crippen molar-refractivity contribution in [2.75, 3.05) is 13.7 Å². The van der Waals surface area contributed by atoms with Crippen molar-refractivity contribution in [2.24, 2.45) is 5.84 Å². The zero-order valence-corrected chi connectivity index (χ0v) is 9.06. The second-order valence-electron chi connectivity index (χ2n) is 3.29. The SMILES string of the molecule is CCc1cccc(OCC(=O)N(C)N)c1. The maximum Gasteiger partial charge on any atom is 0.274 e. The summed E-state index contributed by atoms with van der Waals surface area (Å²) in [5.41, 5.74) is 1.18. The van der Waals surface area contributed by atoms with Crippen LogP contribution in [0.4, 0.5) is 0 Å². The quantitative estimate of drug-likeness (QED) is 0.455. The number of carbonyl (C=O) groups excluding carboxylic acids is 1. The van der Waals surface area contributed by atoms with Gasteiger partial charge in [0.1, 0.15) is 5.75 Å². The summed E-state index contributed by atoms with van der Waals surface area (Å²) in [5, 5.41) is 1.02. The van der Waals surface area contributed by atoms with Gasteiger partial charge in [0.15, 0.2) is 6.61 Å². The Labute approximate surface area is 89.6 Å².